The molecule has 6 atom stereocenters. The summed E-state index contributed by atoms with van der Waals surface area (Å²) < 4.78 is 0. The minimum Gasteiger partial charge on any atom is -0.240 e. The molecule has 0 saturated heterocycles. The molecule has 0 N–H and O–H groups in total. The normalized spacial score (nSPS) is 17.8. The van der Waals surface area contributed by atoms with Crippen LogP contribution in [0.1, 0.15) is 138 Å². The van der Waals surface area contributed by atoms with Crippen molar-refractivity contribution < 1.29 is 9.78 Å². The van der Waals surface area contributed by atoms with Crippen molar-refractivity contribution in [3.63, 3.8) is 0 Å². The van der Waals surface area contributed by atoms with Gasteiger partial charge < -0.3 is 0 Å². The van der Waals surface area contributed by atoms with Gasteiger partial charge in [-0.1, -0.05) is 115 Å². The lowest BCUT2D eigenvalue weighted by Crippen LogP contribution is -2.14. The van der Waals surface area contributed by atoms with E-state index in [1.165, 1.54) is 83.5 Å². The van der Waals surface area contributed by atoms with Gasteiger partial charge in [-0.15, -0.1) is 0 Å². The van der Waals surface area contributed by atoms with Crippen LogP contribution in [0.5, 0.6) is 0 Å². The topological polar surface area (TPSA) is 18.5 Å². The molecule has 0 aromatic heterocycles. The fourth-order valence-electron chi connectivity index (χ4n) is 5.42. The van der Waals surface area contributed by atoms with Crippen molar-refractivity contribution in [2.45, 2.75) is 149 Å². The monoisotopic (exact) mass is 504 g/mol. The molecule has 2 nitrogen and oxygen atoms in total. The zero-order valence-corrected chi connectivity index (χ0v) is 23.9. The predicted molar refractivity (Wildman–Crippen MR) is 142 cm³/mol. The molecular weight excluding hydrogens is 448 g/mol. The molecule has 0 aliphatic rings. The van der Waals surface area contributed by atoms with E-state index >= 15 is 0 Å². The summed E-state index contributed by atoms with van der Waals surface area (Å²) in [5.74, 6) is 3.30. The Bertz CT molecular complexity index is 374. The van der Waals surface area contributed by atoms with Gasteiger partial charge in [-0.25, -0.2) is 9.78 Å². The minimum absolute atomic E-state index is 0.281. The summed E-state index contributed by atoms with van der Waals surface area (Å²) in [7, 11) is 1.66. The van der Waals surface area contributed by atoms with E-state index < -0.39 is 0 Å². The number of hydrogen-bond acceptors (Lipinski definition) is 2. The minimum atomic E-state index is 0.281. The van der Waals surface area contributed by atoms with Gasteiger partial charge in [0.1, 0.15) is 0 Å². The Labute approximate surface area is 205 Å². The Morgan fingerprint density at radius 2 is 1.06 bits per heavy atom. The van der Waals surface area contributed by atoms with Gasteiger partial charge in [-0.2, -0.15) is 0 Å². The predicted octanol–water partition coefficient (Wildman–Crippen LogP) is 10.1. The van der Waals surface area contributed by atoms with Gasteiger partial charge in [-0.05, 0) is 62.2 Å². The summed E-state index contributed by atoms with van der Waals surface area (Å²) >= 11 is 3.70. The SMILES string of the molecule is CCCCCCCCCC(CCCC(C)CC(C)CC(C)CC(C)CC(C)Br)OOC. The molecule has 188 valence electrons. The molecule has 0 heterocycles. The zero-order valence-electron chi connectivity index (χ0n) is 22.3. The standard InChI is InChI=1S/C28H57BrO2/c1-8-9-10-11-12-13-14-17-28(31-30-7)18-15-16-23(2)19-24(3)20-25(4)21-26(5)22-27(6)29/h23-28H,8-22H2,1-7H3. The number of halogens is 1. The summed E-state index contributed by atoms with van der Waals surface area (Å²) in [6.45, 7) is 14.3. The molecule has 0 bridgehead atoms. The van der Waals surface area contributed by atoms with Crippen molar-refractivity contribution in [2.75, 3.05) is 7.11 Å². The number of alkyl halides is 1. The third-order valence-corrected chi connectivity index (χ3v) is 7.10. The number of unbranched alkanes of at least 4 members (excludes halogenated alkanes) is 6. The second-order valence-corrected chi connectivity index (χ2v) is 12.4. The molecule has 31 heavy (non-hydrogen) atoms. The molecule has 3 heteroatoms. The van der Waals surface area contributed by atoms with E-state index in [2.05, 4.69) is 57.5 Å². The van der Waals surface area contributed by atoms with Crippen LogP contribution in [-0.4, -0.2) is 18.0 Å². The van der Waals surface area contributed by atoms with E-state index in [1.807, 2.05) is 0 Å². The third-order valence-electron chi connectivity index (χ3n) is 6.73. The van der Waals surface area contributed by atoms with Crippen LogP contribution in [0, 0.1) is 23.7 Å². The Balaban J connectivity index is 3.95. The molecule has 0 aliphatic carbocycles. The van der Waals surface area contributed by atoms with E-state index in [0.717, 1.165) is 36.5 Å². The van der Waals surface area contributed by atoms with E-state index in [4.69, 9.17) is 9.78 Å². The highest BCUT2D eigenvalue weighted by Crippen LogP contribution is 2.28. The van der Waals surface area contributed by atoms with Crippen LogP contribution in [-0.2, 0) is 9.78 Å². The second-order valence-electron chi connectivity index (χ2n) is 10.9. The van der Waals surface area contributed by atoms with Gasteiger partial charge in [0.25, 0.3) is 0 Å². The quantitative estimate of drug-likeness (QED) is 0.0631. The molecule has 0 saturated carbocycles. The van der Waals surface area contributed by atoms with Crippen LogP contribution in [0.3, 0.4) is 0 Å². The smallest absolute Gasteiger partial charge is 0.0929 e. The lowest BCUT2D eigenvalue weighted by atomic mass is 9.83. The molecule has 0 aromatic carbocycles. The zero-order chi connectivity index (χ0) is 23.5. The van der Waals surface area contributed by atoms with Gasteiger partial charge in [0, 0.05) is 4.83 Å². The van der Waals surface area contributed by atoms with Crippen molar-refractivity contribution >= 4 is 15.9 Å². The van der Waals surface area contributed by atoms with Crippen LogP contribution in [0.25, 0.3) is 0 Å². The van der Waals surface area contributed by atoms with Gasteiger partial charge in [0.2, 0.25) is 0 Å². The first-order valence-corrected chi connectivity index (χ1v) is 14.5. The average molecular weight is 506 g/mol. The Morgan fingerprint density at radius 1 is 0.581 bits per heavy atom. The van der Waals surface area contributed by atoms with E-state index in [0.29, 0.717) is 4.83 Å². The second kappa shape index (κ2) is 21.0. The maximum absolute atomic E-state index is 5.56. The van der Waals surface area contributed by atoms with E-state index in [1.54, 1.807) is 7.11 Å². The van der Waals surface area contributed by atoms with Crippen LogP contribution in [0.15, 0.2) is 0 Å². The number of rotatable bonds is 22. The summed E-state index contributed by atoms with van der Waals surface area (Å²) in [5, 5.41) is 0. The molecule has 0 fully saturated rings. The highest BCUT2D eigenvalue weighted by Gasteiger charge is 2.17. The summed E-state index contributed by atoms with van der Waals surface area (Å²) in [4.78, 5) is 11.2. The maximum atomic E-state index is 5.56. The molecule has 0 rings (SSSR count). The first-order valence-electron chi connectivity index (χ1n) is 13.6. The maximum Gasteiger partial charge on any atom is 0.0929 e. The van der Waals surface area contributed by atoms with Gasteiger partial charge in [-0.3, -0.25) is 0 Å². The van der Waals surface area contributed by atoms with Crippen molar-refractivity contribution in [1.29, 1.82) is 0 Å². The number of hydrogen-bond donors (Lipinski definition) is 0. The summed E-state index contributed by atoms with van der Waals surface area (Å²) in [5.41, 5.74) is 0. The van der Waals surface area contributed by atoms with Gasteiger partial charge >= 0.3 is 0 Å². The van der Waals surface area contributed by atoms with E-state index in [9.17, 15) is 0 Å². The molecule has 0 spiro atoms. The van der Waals surface area contributed by atoms with Crippen LogP contribution < -0.4 is 0 Å². The Hall–Kier alpha value is 0.400. The van der Waals surface area contributed by atoms with Crippen molar-refractivity contribution in [2.24, 2.45) is 23.7 Å². The van der Waals surface area contributed by atoms with Crippen molar-refractivity contribution in [3.05, 3.63) is 0 Å². The van der Waals surface area contributed by atoms with Crippen LogP contribution in [0.2, 0.25) is 0 Å². The fraction of sp³-hybridized carbons (Fsp3) is 1.00. The van der Waals surface area contributed by atoms with Gasteiger partial charge in [0.15, 0.2) is 0 Å². The van der Waals surface area contributed by atoms with E-state index in [-0.39, 0.29) is 6.10 Å². The lowest BCUT2D eigenvalue weighted by Gasteiger charge is -2.23. The summed E-state index contributed by atoms with van der Waals surface area (Å²) in [6, 6.07) is 0. The Morgan fingerprint density at radius 3 is 1.61 bits per heavy atom. The fourth-order valence-corrected chi connectivity index (χ4v) is 6.06. The van der Waals surface area contributed by atoms with Crippen LogP contribution >= 0.6 is 15.9 Å². The molecule has 0 amide bonds. The molecule has 0 aromatic rings. The van der Waals surface area contributed by atoms with Gasteiger partial charge in [0.05, 0.1) is 13.2 Å². The first-order chi connectivity index (χ1) is 14.8. The average Bonchev–Trinajstić information content (AvgIpc) is 2.66. The highest BCUT2D eigenvalue weighted by molar-refractivity contribution is 9.09. The lowest BCUT2D eigenvalue weighted by molar-refractivity contribution is -0.307. The molecule has 6 unspecified atom stereocenters. The molecule has 0 radical (unpaired) electrons. The summed E-state index contributed by atoms with van der Waals surface area (Å²) in [6.07, 6.45) is 20.0. The Kier molecular flexibility index (Phi) is 21.2. The van der Waals surface area contributed by atoms with Crippen molar-refractivity contribution in [1.82, 2.24) is 0 Å². The highest BCUT2D eigenvalue weighted by atomic mass is 79.9. The van der Waals surface area contributed by atoms with Crippen LogP contribution in [0.4, 0.5) is 0 Å². The third kappa shape index (κ3) is 20.7. The molecule has 0 aliphatic heterocycles. The first kappa shape index (κ1) is 31.4. The largest absolute Gasteiger partial charge is 0.240 e. The molecular formula is C28H57BrO2. The van der Waals surface area contributed by atoms with Crippen molar-refractivity contribution in [3.8, 4) is 0 Å².